The lowest BCUT2D eigenvalue weighted by molar-refractivity contribution is 0.426. The molecule has 0 fully saturated rings. The summed E-state index contributed by atoms with van der Waals surface area (Å²) in [5.41, 5.74) is 2.52. The van der Waals surface area contributed by atoms with Gasteiger partial charge >= 0.3 is 7.12 Å². The van der Waals surface area contributed by atoms with Crippen molar-refractivity contribution >= 4 is 23.5 Å². The molecule has 2 aromatic carbocycles. The molecule has 0 radical (unpaired) electrons. The van der Waals surface area contributed by atoms with Crippen LogP contribution in [0.25, 0.3) is 16.6 Å². The van der Waals surface area contributed by atoms with E-state index in [1.165, 1.54) is 0 Å². The summed E-state index contributed by atoms with van der Waals surface area (Å²) < 4.78 is 2.03. The summed E-state index contributed by atoms with van der Waals surface area (Å²) in [5.74, 6) is 0. The molecule has 0 aliphatic heterocycles. The Morgan fingerprint density at radius 1 is 0.889 bits per heavy atom. The maximum atomic E-state index is 9.23. The maximum Gasteiger partial charge on any atom is 0.488 e. The highest BCUT2D eigenvalue weighted by molar-refractivity contribution is 6.58. The van der Waals surface area contributed by atoms with Crippen molar-refractivity contribution in [2.24, 2.45) is 0 Å². The third-order valence-corrected chi connectivity index (χ3v) is 3.05. The SMILES string of the molecule is OB(O)c1ccc2ccn(-c3ccccc3)c2c1. The third-order valence-electron chi connectivity index (χ3n) is 3.05. The van der Waals surface area contributed by atoms with Crippen molar-refractivity contribution in [2.75, 3.05) is 0 Å². The number of aromatic nitrogens is 1. The summed E-state index contributed by atoms with van der Waals surface area (Å²) in [6.07, 6.45) is 1.98. The summed E-state index contributed by atoms with van der Waals surface area (Å²) in [7, 11) is -1.44. The van der Waals surface area contributed by atoms with E-state index in [4.69, 9.17) is 0 Å². The summed E-state index contributed by atoms with van der Waals surface area (Å²) in [5, 5.41) is 19.5. The monoisotopic (exact) mass is 237 g/mol. The number of hydrogen-bond donors (Lipinski definition) is 2. The van der Waals surface area contributed by atoms with Crippen molar-refractivity contribution in [3.8, 4) is 5.69 Å². The van der Waals surface area contributed by atoms with Crippen LogP contribution in [0, 0.1) is 0 Å². The van der Waals surface area contributed by atoms with Gasteiger partial charge in [0.2, 0.25) is 0 Å². The van der Waals surface area contributed by atoms with E-state index in [1.807, 2.05) is 53.2 Å². The Hall–Kier alpha value is -2.04. The number of rotatable bonds is 2. The van der Waals surface area contributed by atoms with Crippen molar-refractivity contribution in [3.63, 3.8) is 0 Å². The van der Waals surface area contributed by atoms with Crippen LogP contribution in [0.3, 0.4) is 0 Å². The first kappa shape index (κ1) is 11.1. The number of benzene rings is 2. The minimum Gasteiger partial charge on any atom is -0.423 e. The minimum atomic E-state index is -1.44. The molecule has 2 N–H and O–H groups in total. The molecule has 3 rings (SSSR count). The summed E-state index contributed by atoms with van der Waals surface area (Å²) >= 11 is 0. The zero-order valence-electron chi connectivity index (χ0n) is 9.69. The molecule has 1 aromatic heterocycles. The smallest absolute Gasteiger partial charge is 0.423 e. The second kappa shape index (κ2) is 4.33. The highest BCUT2D eigenvalue weighted by atomic mass is 16.4. The molecule has 18 heavy (non-hydrogen) atoms. The van der Waals surface area contributed by atoms with E-state index >= 15 is 0 Å². The molecule has 0 aliphatic carbocycles. The zero-order valence-corrected chi connectivity index (χ0v) is 9.69. The molecule has 0 amide bonds. The van der Waals surface area contributed by atoms with Crippen LogP contribution in [0.15, 0.2) is 60.8 Å². The number of fused-ring (bicyclic) bond motifs is 1. The third kappa shape index (κ3) is 1.81. The van der Waals surface area contributed by atoms with E-state index in [2.05, 4.69) is 0 Å². The number of hydrogen-bond acceptors (Lipinski definition) is 2. The first-order valence-corrected chi connectivity index (χ1v) is 5.78. The largest absolute Gasteiger partial charge is 0.488 e. The molecular formula is C14H12BNO2. The van der Waals surface area contributed by atoms with Crippen LogP contribution in [0.1, 0.15) is 0 Å². The van der Waals surface area contributed by atoms with Crippen molar-refractivity contribution in [3.05, 3.63) is 60.8 Å². The predicted molar refractivity (Wildman–Crippen MR) is 73.1 cm³/mol. The molecule has 0 saturated carbocycles. The summed E-state index contributed by atoms with van der Waals surface area (Å²) in [6.45, 7) is 0. The molecule has 0 saturated heterocycles. The quantitative estimate of drug-likeness (QED) is 0.660. The van der Waals surface area contributed by atoms with Gasteiger partial charge in [-0.25, -0.2) is 0 Å². The van der Waals surface area contributed by atoms with Crippen LogP contribution in [0.5, 0.6) is 0 Å². The normalized spacial score (nSPS) is 10.8. The van der Waals surface area contributed by atoms with Crippen LogP contribution in [0.4, 0.5) is 0 Å². The molecule has 0 atom stereocenters. The van der Waals surface area contributed by atoms with Gasteiger partial charge in [0.05, 0.1) is 5.52 Å². The van der Waals surface area contributed by atoms with Crippen molar-refractivity contribution in [1.82, 2.24) is 4.57 Å². The average Bonchev–Trinajstić information content (AvgIpc) is 2.82. The zero-order chi connectivity index (χ0) is 12.5. The lowest BCUT2D eigenvalue weighted by Gasteiger charge is -2.06. The molecule has 0 bridgehead atoms. The fourth-order valence-corrected chi connectivity index (χ4v) is 2.12. The van der Waals surface area contributed by atoms with Crippen LogP contribution in [-0.4, -0.2) is 21.7 Å². The maximum absolute atomic E-state index is 9.23. The Bertz CT molecular complexity index is 677. The Morgan fingerprint density at radius 2 is 1.67 bits per heavy atom. The number of para-hydroxylation sites is 1. The molecule has 0 aliphatic rings. The van der Waals surface area contributed by atoms with E-state index in [-0.39, 0.29) is 0 Å². The van der Waals surface area contributed by atoms with Crippen molar-refractivity contribution < 1.29 is 10.0 Å². The van der Waals surface area contributed by atoms with E-state index in [1.54, 1.807) is 12.1 Å². The van der Waals surface area contributed by atoms with Crippen molar-refractivity contribution in [2.45, 2.75) is 0 Å². The lowest BCUT2D eigenvalue weighted by atomic mass is 9.80. The standard InChI is InChI=1S/C14H12BNO2/c17-15(18)12-7-6-11-8-9-16(14(11)10-12)13-4-2-1-3-5-13/h1-10,17-18H. The fourth-order valence-electron chi connectivity index (χ4n) is 2.12. The van der Waals surface area contributed by atoms with Gasteiger partial charge in [0.25, 0.3) is 0 Å². The molecule has 1 heterocycles. The minimum absolute atomic E-state index is 0.499. The molecule has 3 nitrogen and oxygen atoms in total. The van der Waals surface area contributed by atoms with Gasteiger partial charge in [0.1, 0.15) is 0 Å². The first-order valence-electron chi connectivity index (χ1n) is 5.78. The van der Waals surface area contributed by atoms with Gasteiger partial charge in [-0.15, -0.1) is 0 Å². The van der Waals surface area contributed by atoms with Crippen LogP contribution >= 0.6 is 0 Å². The van der Waals surface area contributed by atoms with Crippen molar-refractivity contribution in [1.29, 1.82) is 0 Å². The second-order valence-electron chi connectivity index (χ2n) is 4.21. The van der Waals surface area contributed by atoms with Crippen LogP contribution in [-0.2, 0) is 0 Å². The molecular weight excluding hydrogens is 225 g/mol. The highest BCUT2D eigenvalue weighted by Crippen LogP contribution is 2.19. The van der Waals surface area contributed by atoms with Gasteiger partial charge < -0.3 is 14.6 Å². The van der Waals surface area contributed by atoms with Gasteiger partial charge in [0.15, 0.2) is 0 Å². The molecule has 3 aromatic rings. The Labute approximate surface area is 105 Å². The fraction of sp³-hybridized carbons (Fsp3) is 0. The van der Waals surface area contributed by atoms with E-state index < -0.39 is 7.12 Å². The van der Waals surface area contributed by atoms with Gasteiger partial charge in [-0.05, 0) is 35.1 Å². The van der Waals surface area contributed by atoms with Crippen LogP contribution in [0.2, 0.25) is 0 Å². The predicted octanol–water partition coefficient (Wildman–Crippen LogP) is 1.31. The Balaban J connectivity index is 2.21. The van der Waals surface area contributed by atoms with E-state index in [0.717, 1.165) is 16.6 Å². The molecule has 0 unspecified atom stereocenters. The second-order valence-corrected chi connectivity index (χ2v) is 4.21. The highest BCUT2D eigenvalue weighted by Gasteiger charge is 2.12. The lowest BCUT2D eigenvalue weighted by Crippen LogP contribution is -2.29. The summed E-state index contributed by atoms with van der Waals surface area (Å²) in [4.78, 5) is 0. The Kier molecular flexibility index (Phi) is 2.66. The van der Waals surface area contributed by atoms with Crippen LogP contribution < -0.4 is 5.46 Å². The van der Waals surface area contributed by atoms with Gasteiger partial charge in [-0.1, -0.05) is 30.3 Å². The average molecular weight is 237 g/mol. The van der Waals surface area contributed by atoms with E-state index in [9.17, 15) is 10.0 Å². The summed E-state index contributed by atoms with van der Waals surface area (Å²) in [6, 6.07) is 17.4. The topological polar surface area (TPSA) is 45.4 Å². The molecule has 88 valence electrons. The van der Waals surface area contributed by atoms with Gasteiger partial charge in [-0.3, -0.25) is 0 Å². The number of nitrogens with zero attached hydrogens (tertiary/aromatic N) is 1. The van der Waals surface area contributed by atoms with E-state index in [0.29, 0.717) is 5.46 Å². The Morgan fingerprint density at radius 3 is 2.39 bits per heavy atom. The van der Waals surface area contributed by atoms with Gasteiger partial charge in [-0.2, -0.15) is 0 Å². The molecule has 4 heteroatoms. The molecule has 0 spiro atoms. The first-order chi connectivity index (χ1) is 8.75. The van der Waals surface area contributed by atoms with Gasteiger partial charge in [0, 0.05) is 11.9 Å².